The summed E-state index contributed by atoms with van der Waals surface area (Å²) in [7, 11) is 0. The van der Waals surface area contributed by atoms with Crippen molar-refractivity contribution in [1.82, 2.24) is 15.0 Å². The van der Waals surface area contributed by atoms with E-state index in [1.807, 2.05) is 0 Å². The van der Waals surface area contributed by atoms with Crippen molar-refractivity contribution in [3.05, 3.63) is 46.3 Å². The lowest BCUT2D eigenvalue weighted by Gasteiger charge is -2.11. The Morgan fingerprint density at radius 3 is 2.72 bits per heavy atom. The molecule has 0 aliphatic rings. The zero-order valence-electron chi connectivity index (χ0n) is 9.94. The molecule has 7 nitrogen and oxygen atoms in total. The molecule has 0 saturated carbocycles. The summed E-state index contributed by atoms with van der Waals surface area (Å²) in [5.41, 5.74) is -0.201. The molecule has 0 aliphatic heterocycles. The molecule has 94 valence electrons. The van der Waals surface area contributed by atoms with E-state index in [2.05, 4.69) is 10.3 Å². The first-order chi connectivity index (χ1) is 8.38. The summed E-state index contributed by atoms with van der Waals surface area (Å²) < 4.78 is 1.39. The SMILES string of the molecule is CC(C)(O)c1cn(-c2cccc([N+](=O)[O-])c2)nn1. The molecule has 0 atom stereocenters. The highest BCUT2D eigenvalue weighted by atomic mass is 16.6. The van der Waals surface area contributed by atoms with Crippen LogP contribution in [0.4, 0.5) is 5.69 Å². The van der Waals surface area contributed by atoms with Crippen LogP contribution in [0.15, 0.2) is 30.5 Å². The van der Waals surface area contributed by atoms with Gasteiger partial charge >= 0.3 is 0 Å². The van der Waals surface area contributed by atoms with Crippen LogP contribution in [-0.4, -0.2) is 25.0 Å². The molecule has 1 N–H and O–H groups in total. The first-order valence-corrected chi connectivity index (χ1v) is 5.28. The van der Waals surface area contributed by atoms with Gasteiger partial charge < -0.3 is 5.11 Å². The summed E-state index contributed by atoms with van der Waals surface area (Å²) in [6, 6.07) is 6.04. The minimum atomic E-state index is -1.10. The van der Waals surface area contributed by atoms with Gasteiger partial charge in [-0.15, -0.1) is 5.10 Å². The van der Waals surface area contributed by atoms with E-state index >= 15 is 0 Å². The van der Waals surface area contributed by atoms with Gasteiger partial charge in [-0.3, -0.25) is 10.1 Å². The zero-order chi connectivity index (χ0) is 13.3. The zero-order valence-corrected chi connectivity index (χ0v) is 9.94. The third-order valence-electron chi connectivity index (χ3n) is 2.43. The Morgan fingerprint density at radius 2 is 2.17 bits per heavy atom. The molecule has 18 heavy (non-hydrogen) atoms. The minimum absolute atomic E-state index is 0.0205. The van der Waals surface area contributed by atoms with Crippen LogP contribution in [0.5, 0.6) is 0 Å². The van der Waals surface area contributed by atoms with Gasteiger partial charge in [0.2, 0.25) is 0 Å². The third-order valence-corrected chi connectivity index (χ3v) is 2.43. The molecule has 7 heteroatoms. The Morgan fingerprint density at radius 1 is 1.44 bits per heavy atom. The van der Waals surface area contributed by atoms with Crippen LogP contribution in [0.2, 0.25) is 0 Å². The molecule has 0 unspecified atom stereocenters. The van der Waals surface area contributed by atoms with Crippen LogP contribution in [0, 0.1) is 10.1 Å². The van der Waals surface area contributed by atoms with E-state index in [1.54, 1.807) is 32.2 Å². The van der Waals surface area contributed by atoms with E-state index in [0.29, 0.717) is 11.4 Å². The van der Waals surface area contributed by atoms with Crippen LogP contribution in [0.25, 0.3) is 5.69 Å². The lowest BCUT2D eigenvalue weighted by Crippen LogP contribution is -2.15. The molecule has 1 aromatic heterocycles. The van der Waals surface area contributed by atoms with E-state index in [0.717, 1.165) is 0 Å². The van der Waals surface area contributed by atoms with Crippen molar-refractivity contribution in [2.75, 3.05) is 0 Å². The van der Waals surface area contributed by atoms with Crippen molar-refractivity contribution in [3.63, 3.8) is 0 Å². The van der Waals surface area contributed by atoms with Crippen LogP contribution in [0.1, 0.15) is 19.5 Å². The number of nitrogens with zero attached hydrogens (tertiary/aromatic N) is 4. The molecule has 0 saturated heterocycles. The quantitative estimate of drug-likeness (QED) is 0.654. The summed E-state index contributed by atoms with van der Waals surface area (Å²) >= 11 is 0. The van der Waals surface area contributed by atoms with E-state index in [-0.39, 0.29) is 5.69 Å². The summed E-state index contributed by atoms with van der Waals surface area (Å²) in [5.74, 6) is 0. The molecular weight excluding hydrogens is 236 g/mol. The minimum Gasteiger partial charge on any atom is -0.384 e. The summed E-state index contributed by atoms with van der Waals surface area (Å²) in [4.78, 5) is 10.2. The van der Waals surface area contributed by atoms with Crippen LogP contribution < -0.4 is 0 Å². The topological polar surface area (TPSA) is 94.1 Å². The molecule has 0 aliphatic carbocycles. The number of hydrogen-bond donors (Lipinski definition) is 1. The summed E-state index contributed by atoms with van der Waals surface area (Å²) in [6.07, 6.45) is 1.54. The van der Waals surface area contributed by atoms with Crippen molar-refractivity contribution in [2.24, 2.45) is 0 Å². The Balaban J connectivity index is 2.40. The fourth-order valence-corrected chi connectivity index (χ4v) is 1.42. The highest BCUT2D eigenvalue weighted by molar-refractivity contribution is 5.42. The van der Waals surface area contributed by atoms with Gasteiger partial charge in [0.15, 0.2) is 0 Å². The lowest BCUT2D eigenvalue weighted by atomic mass is 10.1. The predicted molar refractivity (Wildman–Crippen MR) is 63.3 cm³/mol. The first-order valence-electron chi connectivity index (χ1n) is 5.28. The van der Waals surface area contributed by atoms with Gasteiger partial charge in [-0.1, -0.05) is 11.3 Å². The molecule has 0 amide bonds. The molecule has 0 spiro atoms. The maximum absolute atomic E-state index is 10.7. The van der Waals surface area contributed by atoms with Gasteiger partial charge in [0.1, 0.15) is 11.3 Å². The van der Waals surface area contributed by atoms with E-state index < -0.39 is 10.5 Å². The second-order valence-electron chi connectivity index (χ2n) is 4.38. The average Bonchev–Trinajstić information content (AvgIpc) is 2.78. The Bertz CT molecular complexity index is 586. The van der Waals surface area contributed by atoms with E-state index in [9.17, 15) is 15.2 Å². The number of rotatable bonds is 3. The molecular formula is C11H12N4O3. The first kappa shape index (κ1) is 12.2. The summed E-state index contributed by atoms with van der Waals surface area (Å²) in [5, 5.41) is 28.1. The Labute approximate surface area is 103 Å². The van der Waals surface area contributed by atoms with Crippen molar-refractivity contribution in [3.8, 4) is 5.69 Å². The van der Waals surface area contributed by atoms with Gasteiger partial charge in [0, 0.05) is 12.1 Å². The van der Waals surface area contributed by atoms with Gasteiger partial charge in [-0.05, 0) is 19.9 Å². The fourth-order valence-electron chi connectivity index (χ4n) is 1.42. The maximum Gasteiger partial charge on any atom is 0.271 e. The maximum atomic E-state index is 10.7. The predicted octanol–water partition coefficient (Wildman–Crippen LogP) is 1.40. The monoisotopic (exact) mass is 248 g/mol. The number of hydrogen-bond acceptors (Lipinski definition) is 5. The normalized spacial score (nSPS) is 11.5. The van der Waals surface area contributed by atoms with E-state index in [1.165, 1.54) is 16.8 Å². The number of nitro groups is 1. The highest BCUT2D eigenvalue weighted by Crippen LogP contribution is 2.19. The second-order valence-corrected chi connectivity index (χ2v) is 4.38. The molecule has 2 rings (SSSR count). The number of non-ortho nitro benzene ring substituents is 1. The number of nitro benzene ring substituents is 1. The summed E-state index contributed by atoms with van der Waals surface area (Å²) in [6.45, 7) is 3.18. The Hall–Kier alpha value is -2.28. The third kappa shape index (κ3) is 2.35. The molecule has 1 aromatic carbocycles. The van der Waals surface area contributed by atoms with Crippen LogP contribution in [-0.2, 0) is 5.60 Å². The van der Waals surface area contributed by atoms with E-state index in [4.69, 9.17) is 0 Å². The van der Waals surface area contributed by atoms with Gasteiger partial charge in [-0.25, -0.2) is 4.68 Å². The lowest BCUT2D eigenvalue weighted by molar-refractivity contribution is -0.384. The number of benzene rings is 1. The van der Waals surface area contributed by atoms with Gasteiger partial charge in [0.05, 0.1) is 16.8 Å². The molecule has 0 radical (unpaired) electrons. The van der Waals surface area contributed by atoms with Crippen molar-refractivity contribution in [1.29, 1.82) is 0 Å². The molecule has 0 bridgehead atoms. The fraction of sp³-hybridized carbons (Fsp3) is 0.273. The van der Waals surface area contributed by atoms with Crippen LogP contribution in [0.3, 0.4) is 0 Å². The van der Waals surface area contributed by atoms with Gasteiger partial charge in [0.25, 0.3) is 5.69 Å². The largest absolute Gasteiger partial charge is 0.384 e. The highest BCUT2D eigenvalue weighted by Gasteiger charge is 2.20. The molecule has 0 fully saturated rings. The van der Waals surface area contributed by atoms with Crippen LogP contribution >= 0.6 is 0 Å². The molecule has 2 aromatic rings. The number of aromatic nitrogens is 3. The smallest absolute Gasteiger partial charge is 0.271 e. The standard InChI is InChI=1S/C11H12N4O3/c1-11(2,16)10-7-14(13-12-10)8-4-3-5-9(6-8)15(17)18/h3-7,16H,1-2H3. The van der Waals surface area contributed by atoms with Crippen molar-refractivity contribution >= 4 is 5.69 Å². The van der Waals surface area contributed by atoms with Crippen molar-refractivity contribution < 1.29 is 10.0 Å². The van der Waals surface area contributed by atoms with Crippen molar-refractivity contribution in [2.45, 2.75) is 19.4 Å². The second kappa shape index (κ2) is 4.19. The molecule has 1 heterocycles. The number of aliphatic hydroxyl groups is 1. The van der Waals surface area contributed by atoms with Gasteiger partial charge in [-0.2, -0.15) is 0 Å². The average molecular weight is 248 g/mol. The Kier molecular flexibility index (Phi) is 2.84.